The Bertz CT molecular complexity index is 442. The summed E-state index contributed by atoms with van der Waals surface area (Å²) in [7, 11) is 1.57. The van der Waals surface area contributed by atoms with E-state index in [1.165, 1.54) is 19.3 Å². The fourth-order valence-electron chi connectivity index (χ4n) is 2.41. The van der Waals surface area contributed by atoms with Gasteiger partial charge >= 0.3 is 6.03 Å². The summed E-state index contributed by atoms with van der Waals surface area (Å²) in [5.74, 6) is 0.605. The number of nitrogen functional groups attached to an aromatic ring is 1. The average molecular weight is 263 g/mol. The van der Waals surface area contributed by atoms with Gasteiger partial charge in [0.15, 0.2) is 0 Å². The number of nitrogens with one attached hydrogen (secondary N) is 2. The van der Waals surface area contributed by atoms with E-state index in [-0.39, 0.29) is 12.1 Å². The van der Waals surface area contributed by atoms with Crippen LogP contribution in [0, 0.1) is 0 Å². The van der Waals surface area contributed by atoms with Crippen LogP contribution >= 0.6 is 0 Å². The first kappa shape index (κ1) is 13.5. The molecule has 5 heteroatoms. The monoisotopic (exact) mass is 263 g/mol. The van der Waals surface area contributed by atoms with Crippen molar-refractivity contribution in [2.24, 2.45) is 0 Å². The van der Waals surface area contributed by atoms with Gasteiger partial charge < -0.3 is 21.1 Å². The second-order valence-electron chi connectivity index (χ2n) is 4.89. The van der Waals surface area contributed by atoms with Crippen molar-refractivity contribution in [1.29, 1.82) is 0 Å². The minimum atomic E-state index is -0.198. The van der Waals surface area contributed by atoms with Gasteiger partial charge in [0, 0.05) is 11.7 Å². The van der Waals surface area contributed by atoms with E-state index >= 15 is 0 Å². The molecule has 0 bridgehead atoms. The lowest BCUT2D eigenvalue weighted by atomic mass is 9.96. The van der Waals surface area contributed by atoms with Crippen LogP contribution in [-0.4, -0.2) is 19.2 Å². The quantitative estimate of drug-likeness (QED) is 0.734. The van der Waals surface area contributed by atoms with Crippen LogP contribution in [0.4, 0.5) is 16.2 Å². The third-order valence-corrected chi connectivity index (χ3v) is 3.41. The molecule has 1 aliphatic carbocycles. The standard InChI is InChI=1S/C14H21N3O2/c1-19-13-8-7-10(15)9-12(13)17-14(18)16-11-5-3-2-4-6-11/h7-9,11H,2-6,15H2,1H3,(H2,16,17,18). The summed E-state index contributed by atoms with van der Waals surface area (Å²) in [4.78, 5) is 11.9. The number of hydrogen-bond donors (Lipinski definition) is 3. The van der Waals surface area contributed by atoms with Crippen LogP contribution in [0.5, 0.6) is 5.75 Å². The third kappa shape index (κ3) is 3.77. The predicted molar refractivity (Wildman–Crippen MR) is 76.4 cm³/mol. The van der Waals surface area contributed by atoms with Crippen LogP contribution in [0.15, 0.2) is 18.2 Å². The lowest BCUT2D eigenvalue weighted by Crippen LogP contribution is -2.39. The molecule has 4 N–H and O–H groups in total. The molecule has 104 valence electrons. The molecule has 0 aliphatic heterocycles. The number of benzene rings is 1. The molecule has 0 heterocycles. The van der Waals surface area contributed by atoms with Crippen molar-refractivity contribution in [1.82, 2.24) is 5.32 Å². The largest absolute Gasteiger partial charge is 0.495 e. The average Bonchev–Trinajstić information content (AvgIpc) is 2.40. The molecule has 2 amide bonds. The zero-order chi connectivity index (χ0) is 13.7. The molecule has 5 nitrogen and oxygen atoms in total. The molecule has 2 rings (SSSR count). The maximum atomic E-state index is 11.9. The van der Waals surface area contributed by atoms with Crippen molar-refractivity contribution in [2.75, 3.05) is 18.2 Å². The van der Waals surface area contributed by atoms with Gasteiger partial charge in [-0.25, -0.2) is 4.79 Å². The fraction of sp³-hybridized carbons (Fsp3) is 0.500. The van der Waals surface area contributed by atoms with Crippen molar-refractivity contribution < 1.29 is 9.53 Å². The molecule has 1 fully saturated rings. The Hall–Kier alpha value is -1.91. The Morgan fingerprint density at radius 3 is 2.74 bits per heavy atom. The van der Waals surface area contributed by atoms with Crippen LogP contribution in [0.25, 0.3) is 0 Å². The number of anilines is 2. The van der Waals surface area contributed by atoms with Crippen molar-refractivity contribution in [3.8, 4) is 5.75 Å². The first-order chi connectivity index (χ1) is 9.19. The van der Waals surface area contributed by atoms with E-state index in [2.05, 4.69) is 10.6 Å². The SMILES string of the molecule is COc1ccc(N)cc1NC(=O)NC1CCCCC1. The molecular formula is C14H21N3O2. The number of carbonyl (C=O) groups is 1. The van der Waals surface area contributed by atoms with Crippen molar-refractivity contribution in [2.45, 2.75) is 38.1 Å². The van der Waals surface area contributed by atoms with Gasteiger partial charge in [0.2, 0.25) is 0 Å². The number of methoxy groups -OCH3 is 1. The Morgan fingerprint density at radius 2 is 2.05 bits per heavy atom. The maximum absolute atomic E-state index is 11.9. The minimum Gasteiger partial charge on any atom is -0.495 e. The van der Waals surface area contributed by atoms with Crippen LogP contribution < -0.4 is 21.1 Å². The van der Waals surface area contributed by atoms with E-state index in [9.17, 15) is 4.79 Å². The Labute approximate surface area is 113 Å². The number of carbonyl (C=O) groups excluding carboxylic acids is 1. The topological polar surface area (TPSA) is 76.4 Å². The van der Waals surface area contributed by atoms with Gasteiger partial charge in [-0.05, 0) is 31.0 Å². The van der Waals surface area contributed by atoms with Crippen LogP contribution in [0.3, 0.4) is 0 Å². The molecule has 0 aromatic heterocycles. The van der Waals surface area contributed by atoms with Gasteiger partial charge in [-0.1, -0.05) is 19.3 Å². The smallest absolute Gasteiger partial charge is 0.319 e. The summed E-state index contributed by atoms with van der Waals surface area (Å²) >= 11 is 0. The summed E-state index contributed by atoms with van der Waals surface area (Å²) in [6, 6.07) is 5.25. The molecule has 0 unspecified atom stereocenters. The van der Waals surface area contributed by atoms with Crippen molar-refractivity contribution >= 4 is 17.4 Å². The molecule has 0 spiro atoms. The Balaban J connectivity index is 1.95. The molecule has 1 aromatic rings. The Kier molecular flexibility index (Phi) is 4.49. The van der Waals surface area contributed by atoms with Gasteiger partial charge in [0.05, 0.1) is 12.8 Å². The van der Waals surface area contributed by atoms with Gasteiger partial charge in [0.25, 0.3) is 0 Å². The number of hydrogen-bond acceptors (Lipinski definition) is 3. The second kappa shape index (κ2) is 6.31. The van der Waals surface area contributed by atoms with Gasteiger partial charge in [-0.2, -0.15) is 0 Å². The summed E-state index contributed by atoms with van der Waals surface area (Å²) in [5, 5.41) is 5.79. The van der Waals surface area contributed by atoms with E-state index in [1.54, 1.807) is 25.3 Å². The predicted octanol–water partition coefficient (Wildman–Crippen LogP) is 2.73. The van der Waals surface area contributed by atoms with Crippen LogP contribution in [0.1, 0.15) is 32.1 Å². The Morgan fingerprint density at radius 1 is 1.32 bits per heavy atom. The zero-order valence-corrected chi connectivity index (χ0v) is 11.2. The molecule has 1 saturated carbocycles. The highest BCUT2D eigenvalue weighted by molar-refractivity contribution is 5.91. The summed E-state index contributed by atoms with van der Waals surface area (Å²) in [6.45, 7) is 0. The molecular weight excluding hydrogens is 242 g/mol. The number of ether oxygens (including phenoxy) is 1. The molecule has 0 atom stereocenters. The van der Waals surface area contributed by atoms with E-state index < -0.39 is 0 Å². The number of urea groups is 1. The summed E-state index contributed by atoms with van der Waals surface area (Å²) in [5.41, 5.74) is 6.90. The number of nitrogens with two attached hydrogens (primary N) is 1. The summed E-state index contributed by atoms with van der Waals surface area (Å²) < 4.78 is 5.19. The number of rotatable bonds is 3. The maximum Gasteiger partial charge on any atom is 0.319 e. The molecule has 0 radical (unpaired) electrons. The van der Waals surface area contributed by atoms with Gasteiger partial charge in [-0.15, -0.1) is 0 Å². The minimum absolute atomic E-state index is 0.198. The van der Waals surface area contributed by atoms with E-state index in [0.29, 0.717) is 17.1 Å². The van der Waals surface area contributed by atoms with E-state index in [1.807, 2.05) is 0 Å². The van der Waals surface area contributed by atoms with E-state index in [0.717, 1.165) is 12.8 Å². The summed E-state index contributed by atoms with van der Waals surface area (Å²) in [6.07, 6.45) is 5.75. The van der Waals surface area contributed by atoms with E-state index in [4.69, 9.17) is 10.5 Å². The highest BCUT2D eigenvalue weighted by Crippen LogP contribution is 2.26. The van der Waals surface area contributed by atoms with Crippen molar-refractivity contribution in [3.63, 3.8) is 0 Å². The molecule has 0 saturated heterocycles. The normalized spacial score (nSPS) is 15.8. The first-order valence-electron chi connectivity index (χ1n) is 6.70. The third-order valence-electron chi connectivity index (χ3n) is 3.41. The number of amides is 2. The van der Waals surface area contributed by atoms with Crippen LogP contribution in [-0.2, 0) is 0 Å². The fourth-order valence-corrected chi connectivity index (χ4v) is 2.41. The molecule has 1 aliphatic rings. The zero-order valence-electron chi connectivity index (χ0n) is 11.2. The molecule has 1 aromatic carbocycles. The highest BCUT2D eigenvalue weighted by atomic mass is 16.5. The first-order valence-corrected chi connectivity index (χ1v) is 6.70. The molecule has 19 heavy (non-hydrogen) atoms. The second-order valence-corrected chi connectivity index (χ2v) is 4.89. The lowest BCUT2D eigenvalue weighted by Gasteiger charge is -2.23. The van der Waals surface area contributed by atoms with Gasteiger partial charge in [0.1, 0.15) is 5.75 Å². The highest BCUT2D eigenvalue weighted by Gasteiger charge is 2.16. The van der Waals surface area contributed by atoms with Crippen LogP contribution in [0.2, 0.25) is 0 Å². The van der Waals surface area contributed by atoms with Gasteiger partial charge in [-0.3, -0.25) is 0 Å². The van der Waals surface area contributed by atoms with Crippen molar-refractivity contribution in [3.05, 3.63) is 18.2 Å². The lowest BCUT2D eigenvalue weighted by molar-refractivity contribution is 0.244.